The molecule has 0 saturated heterocycles. The number of rotatable bonds is 0. The first-order valence-electron chi connectivity index (χ1n) is 5.11. The Labute approximate surface area is 74.5 Å². The van der Waals surface area contributed by atoms with Gasteiger partial charge in [-0.3, -0.25) is 0 Å². The highest BCUT2D eigenvalue weighted by Gasteiger charge is 2.36. The standard InChI is InChI=1S/C11H18O/c1-7-9-5-3-4-6-10(9)8(2)11(7)12/h7-8,11-12H,3-6H2,1-2H3. The van der Waals surface area contributed by atoms with E-state index in [4.69, 9.17) is 0 Å². The lowest BCUT2D eigenvalue weighted by atomic mass is 9.89. The van der Waals surface area contributed by atoms with Crippen molar-refractivity contribution < 1.29 is 5.11 Å². The third-order valence-corrected chi connectivity index (χ3v) is 3.68. The van der Waals surface area contributed by atoms with Gasteiger partial charge in [0, 0.05) is 11.8 Å². The molecule has 2 unspecified atom stereocenters. The van der Waals surface area contributed by atoms with Gasteiger partial charge in [0.15, 0.2) is 0 Å². The van der Waals surface area contributed by atoms with Crippen LogP contribution in [0.4, 0.5) is 0 Å². The molecule has 0 aromatic carbocycles. The van der Waals surface area contributed by atoms with Crippen molar-refractivity contribution in [3.63, 3.8) is 0 Å². The second-order valence-corrected chi connectivity index (χ2v) is 4.33. The van der Waals surface area contributed by atoms with Gasteiger partial charge in [-0.2, -0.15) is 0 Å². The van der Waals surface area contributed by atoms with E-state index in [1.54, 1.807) is 11.1 Å². The van der Waals surface area contributed by atoms with Gasteiger partial charge >= 0.3 is 0 Å². The maximum atomic E-state index is 9.86. The van der Waals surface area contributed by atoms with E-state index in [0.717, 1.165) is 0 Å². The monoisotopic (exact) mass is 166 g/mol. The number of aliphatic hydroxyl groups excluding tert-OH is 1. The first-order valence-corrected chi connectivity index (χ1v) is 5.11. The van der Waals surface area contributed by atoms with Crippen LogP contribution in [0.15, 0.2) is 11.1 Å². The third-order valence-electron chi connectivity index (χ3n) is 3.68. The zero-order valence-corrected chi connectivity index (χ0v) is 8.01. The molecule has 68 valence electrons. The summed E-state index contributed by atoms with van der Waals surface area (Å²) in [6.07, 6.45) is 5.08. The van der Waals surface area contributed by atoms with Gasteiger partial charge in [-0.1, -0.05) is 25.0 Å². The Kier molecular flexibility index (Phi) is 1.99. The minimum Gasteiger partial charge on any atom is -0.392 e. The Morgan fingerprint density at radius 1 is 1.00 bits per heavy atom. The van der Waals surface area contributed by atoms with Crippen molar-refractivity contribution in [2.45, 2.75) is 45.6 Å². The third kappa shape index (κ3) is 1.03. The van der Waals surface area contributed by atoms with E-state index >= 15 is 0 Å². The molecule has 0 aliphatic heterocycles. The Morgan fingerprint density at radius 3 is 1.83 bits per heavy atom. The van der Waals surface area contributed by atoms with E-state index in [1.807, 2.05) is 0 Å². The van der Waals surface area contributed by atoms with E-state index in [-0.39, 0.29) is 6.10 Å². The van der Waals surface area contributed by atoms with Gasteiger partial charge in [0.2, 0.25) is 0 Å². The molecule has 0 spiro atoms. The van der Waals surface area contributed by atoms with E-state index in [2.05, 4.69) is 13.8 Å². The number of hydrogen-bond donors (Lipinski definition) is 1. The van der Waals surface area contributed by atoms with Crippen LogP contribution in [0.25, 0.3) is 0 Å². The molecule has 1 heteroatoms. The molecule has 1 nitrogen and oxygen atoms in total. The van der Waals surface area contributed by atoms with Gasteiger partial charge in [0.25, 0.3) is 0 Å². The Hall–Kier alpha value is -0.300. The summed E-state index contributed by atoms with van der Waals surface area (Å²) in [5.41, 5.74) is 3.17. The summed E-state index contributed by atoms with van der Waals surface area (Å²) in [5.74, 6) is 0.880. The Bertz CT molecular complexity index is 195. The van der Waals surface area contributed by atoms with Crippen molar-refractivity contribution in [1.82, 2.24) is 0 Å². The first-order chi connectivity index (χ1) is 5.72. The second kappa shape index (κ2) is 2.88. The summed E-state index contributed by atoms with van der Waals surface area (Å²) in [7, 11) is 0. The van der Waals surface area contributed by atoms with Crippen molar-refractivity contribution in [3.05, 3.63) is 11.1 Å². The molecular formula is C11H18O. The maximum Gasteiger partial charge on any atom is 0.0665 e. The molecule has 0 radical (unpaired) electrons. The number of hydrogen-bond acceptors (Lipinski definition) is 1. The lowest BCUT2D eigenvalue weighted by Gasteiger charge is -2.17. The molecule has 0 fully saturated rings. The summed E-state index contributed by atoms with van der Waals surface area (Å²) < 4.78 is 0. The average Bonchev–Trinajstić information content (AvgIpc) is 2.33. The summed E-state index contributed by atoms with van der Waals surface area (Å²) in [4.78, 5) is 0. The van der Waals surface area contributed by atoms with E-state index in [1.165, 1.54) is 25.7 Å². The van der Waals surface area contributed by atoms with Crippen molar-refractivity contribution in [3.8, 4) is 0 Å². The molecule has 0 amide bonds. The average molecular weight is 166 g/mol. The van der Waals surface area contributed by atoms with Crippen LogP contribution < -0.4 is 0 Å². The molecule has 0 aromatic heterocycles. The van der Waals surface area contributed by atoms with Crippen molar-refractivity contribution >= 4 is 0 Å². The normalized spacial score (nSPS) is 41.8. The maximum absolute atomic E-state index is 9.86. The van der Waals surface area contributed by atoms with Gasteiger partial charge < -0.3 is 5.11 Å². The molecule has 12 heavy (non-hydrogen) atoms. The van der Waals surface area contributed by atoms with Crippen LogP contribution in [0.1, 0.15) is 39.5 Å². The van der Waals surface area contributed by atoms with E-state index in [0.29, 0.717) is 11.8 Å². The zero-order chi connectivity index (χ0) is 8.72. The topological polar surface area (TPSA) is 20.2 Å². The summed E-state index contributed by atoms with van der Waals surface area (Å²) >= 11 is 0. The predicted octanol–water partition coefficient (Wildman–Crippen LogP) is 2.50. The highest BCUT2D eigenvalue weighted by molar-refractivity contribution is 5.29. The van der Waals surface area contributed by atoms with Gasteiger partial charge in [-0.25, -0.2) is 0 Å². The van der Waals surface area contributed by atoms with E-state index < -0.39 is 0 Å². The smallest absolute Gasteiger partial charge is 0.0665 e. The van der Waals surface area contributed by atoms with Crippen LogP contribution >= 0.6 is 0 Å². The van der Waals surface area contributed by atoms with Crippen molar-refractivity contribution in [2.24, 2.45) is 11.8 Å². The summed E-state index contributed by atoms with van der Waals surface area (Å²) in [6.45, 7) is 4.35. The fraction of sp³-hybridized carbons (Fsp3) is 0.818. The minimum atomic E-state index is -0.0897. The van der Waals surface area contributed by atoms with Crippen LogP contribution in [0, 0.1) is 11.8 Å². The Balaban J connectivity index is 2.28. The highest BCUT2D eigenvalue weighted by Crippen LogP contribution is 2.44. The van der Waals surface area contributed by atoms with Crippen LogP contribution in [0.3, 0.4) is 0 Å². The highest BCUT2D eigenvalue weighted by atomic mass is 16.3. The lowest BCUT2D eigenvalue weighted by molar-refractivity contribution is 0.109. The molecule has 0 aromatic rings. The Morgan fingerprint density at radius 2 is 1.42 bits per heavy atom. The van der Waals surface area contributed by atoms with E-state index in [9.17, 15) is 5.11 Å². The van der Waals surface area contributed by atoms with Crippen LogP contribution in [-0.2, 0) is 0 Å². The molecule has 2 aliphatic carbocycles. The van der Waals surface area contributed by atoms with Crippen LogP contribution in [0.2, 0.25) is 0 Å². The van der Waals surface area contributed by atoms with Crippen LogP contribution in [-0.4, -0.2) is 11.2 Å². The molecule has 2 atom stereocenters. The zero-order valence-electron chi connectivity index (χ0n) is 8.01. The molecule has 0 bridgehead atoms. The fourth-order valence-corrected chi connectivity index (χ4v) is 2.84. The minimum absolute atomic E-state index is 0.0897. The SMILES string of the molecule is CC1C2=C(CCCC2)C(C)C1O. The summed E-state index contributed by atoms with van der Waals surface area (Å²) in [6, 6.07) is 0. The fourth-order valence-electron chi connectivity index (χ4n) is 2.84. The van der Waals surface area contributed by atoms with Gasteiger partial charge in [0.05, 0.1) is 6.10 Å². The molecule has 0 heterocycles. The lowest BCUT2D eigenvalue weighted by Crippen LogP contribution is -2.19. The van der Waals surface area contributed by atoms with Crippen molar-refractivity contribution in [2.75, 3.05) is 0 Å². The van der Waals surface area contributed by atoms with Gasteiger partial charge in [-0.05, 0) is 25.7 Å². The molecular weight excluding hydrogens is 148 g/mol. The first kappa shape index (κ1) is 8.31. The number of aliphatic hydroxyl groups is 1. The van der Waals surface area contributed by atoms with Crippen molar-refractivity contribution in [1.29, 1.82) is 0 Å². The molecule has 1 N–H and O–H groups in total. The second-order valence-electron chi connectivity index (χ2n) is 4.33. The molecule has 2 rings (SSSR count). The molecule has 0 saturated carbocycles. The van der Waals surface area contributed by atoms with Gasteiger partial charge in [-0.15, -0.1) is 0 Å². The predicted molar refractivity (Wildman–Crippen MR) is 49.8 cm³/mol. The largest absolute Gasteiger partial charge is 0.392 e. The summed E-state index contributed by atoms with van der Waals surface area (Å²) in [5, 5.41) is 9.86. The quantitative estimate of drug-likeness (QED) is 0.548. The van der Waals surface area contributed by atoms with Gasteiger partial charge in [0.1, 0.15) is 0 Å². The molecule has 2 aliphatic rings. The van der Waals surface area contributed by atoms with Crippen LogP contribution in [0.5, 0.6) is 0 Å².